The van der Waals surface area contributed by atoms with Gasteiger partial charge in [-0.2, -0.15) is 4.99 Å². The smallest absolute Gasteiger partial charge is 0.250 e. The molecule has 2 aliphatic heterocycles. The minimum Gasteiger partial charge on any atom is -0.494 e. The van der Waals surface area contributed by atoms with Crippen LogP contribution in [-0.2, 0) is 14.6 Å². The largest absolute Gasteiger partial charge is 0.494 e. The lowest BCUT2D eigenvalue weighted by atomic mass is 10.2. The molecule has 136 valence electrons. The molecule has 6 nitrogen and oxygen atoms in total. The van der Waals surface area contributed by atoms with Gasteiger partial charge >= 0.3 is 0 Å². The molecule has 1 aromatic carbocycles. The second kappa shape index (κ2) is 6.99. The average molecular weight is 383 g/mol. The lowest BCUT2D eigenvalue weighted by Crippen LogP contribution is -2.37. The molecular formula is C17H22N2O4S2. The summed E-state index contributed by atoms with van der Waals surface area (Å²) in [7, 11) is -3.06. The number of benzene rings is 1. The number of fused-ring (bicyclic) bond motifs is 1. The van der Waals surface area contributed by atoms with Crippen molar-refractivity contribution in [2.24, 2.45) is 10.9 Å². The summed E-state index contributed by atoms with van der Waals surface area (Å²) >= 11 is 1.39. The average Bonchev–Trinajstić information content (AvgIpc) is 2.99. The number of ether oxygens (including phenoxy) is 1. The van der Waals surface area contributed by atoms with Crippen LogP contribution in [-0.4, -0.2) is 48.9 Å². The van der Waals surface area contributed by atoms with Gasteiger partial charge in [-0.3, -0.25) is 4.79 Å². The third-order valence-corrected chi connectivity index (χ3v) is 7.40. The number of thioether (sulfide) groups is 1. The first-order valence-electron chi connectivity index (χ1n) is 8.32. The van der Waals surface area contributed by atoms with Gasteiger partial charge in [0.05, 0.1) is 24.2 Å². The van der Waals surface area contributed by atoms with Crippen molar-refractivity contribution >= 4 is 38.4 Å². The molecule has 25 heavy (non-hydrogen) atoms. The predicted molar refractivity (Wildman–Crippen MR) is 101 cm³/mol. The Bertz CT molecular complexity index is 787. The zero-order chi connectivity index (χ0) is 18.2. The van der Waals surface area contributed by atoms with Gasteiger partial charge in [0, 0.05) is 16.9 Å². The molecule has 2 aliphatic rings. The molecule has 0 spiro atoms. The number of aliphatic imine (C=N–C) groups is 1. The van der Waals surface area contributed by atoms with E-state index < -0.39 is 9.84 Å². The SMILES string of the molecule is CCOc1ccc(N2C(=NC(=O)C(C)C)SC3CS(=O)(=O)CC32)cc1. The number of nitrogens with zero attached hydrogens (tertiary/aromatic N) is 2. The number of rotatable bonds is 4. The summed E-state index contributed by atoms with van der Waals surface area (Å²) in [5.41, 5.74) is 0.829. The van der Waals surface area contributed by atoms with E-state index in [1.165, 1.54) is 11.8 Å². The van der Waals surface area contributed by atoms with E-state index in [4.69, 9.17) is 4.74 Å². The molecule has 0 saturated carbocycles. The fraction of sp³-hybridized carbons (Fsp3) is 0.529. The number of carbonyl (C=O) groups excluding carboxylic acids is 1. The van der Waals surface area contributed by atoms with E-state index >= 15 is 0 Å². The highest BCUT2D eigenvalue weighted by molar-refractivity contribution is 8.16. The molecule has 2 heterocycles. The Hall–Kier alpha value is -1.54. The van der Waals surface area contributed by atoms with Crippen LogP contribution in [0.15, 0.2) is 29.3 Å². The number of carbonyl (C=O) groups is 1. The van der Waals surface area contributed by atoms with Crippen molar-refractivity contribution in [2.45, 2.75) is 32.1 Å². The van der Waals surface area contributed by atoms with Crippen LogP contribution in [0.5, 0.6) is 5.75 Å². The highest BCUT2D eigenvalue weighted by Gasteiger charge is 2.49. The Morgan fingerprint density at radius 1 is 1.32 bits per heavy atom. The van der Waals surface area contributed by atoms with Crippen LogP contribution >= 0.6 is 11.8 Å². The summed E-state index contributed by atoms with van der Waals surface area (Å²) < 4.78 is 29.5. The van der Waals surface area contributed by atoms with Crippen molar-refractivity contribution in [3.63, 3.8) is 0 Å². The first-order valence-corrected chi connectivity index (χ1v) is 11.0. The first-order chi connectivity index (χ1) is 11.8. The van der Waals surface area contributed by atoms with Crippen molar-refractivity contribution in [1.29, 1.82) is 0 Å². The molecule has 2 unspecified atom stereocenters. The molecule has 2 saturated heterocycles. The number of amides is 1. The zero-order valence-corrected chi connectivity index (χ0v) is 16.1. The topological polar surface area (TPSA) is 76.0 Å². The third kappa shape index (κ3) is 3.84. The van der Waals surface area contributed by atoms with E-state index in [9.17, 15) is 13.2 Å². The molecule has 0 bridgehead atoms. The number of anilines is 1. The maximum Gasteiger partial charge on any atom is 0.250 e. The molecule has 2 atom stereocenters. The second-order valence-corrected chi connectivity index (χ2v) is 9.84. The van der Waals surface area contributed by atoms with Crippen LogP contribution in [0, 0.1) is 5.92 Å². The highest BCUT2D eigenvalue weighted by Crippen LogP contribution is 2.41. The monoisotopic (exact) mass is 382 g/mol. The van der Waals surface area contributed by atoms with Gasteiger partial charge in [-0.15, -0.1) is 0 Å². The van der Waals surface area contributed by atoms with Crippen molar-refractivity contribution in [1.82, 2.24) is 0 Å². The van der Waals surface area contributed by atoms with E-state index in [2.05, 4.69) is 4.99 Å². The maximum atomic E-state index is 12.1. The Kier molecular flexibility index (Phi) is 5.11. The van der Waals surface area contributed by atoms with Crippen LogP contribution in [0.1, 0.15) is 20.8 Å². The van der Waals surface area contributed by atoms with Crippen LogP contribution in [0.2, 0.25) is 0 Å². The summed E-state index contributed by atoms with van der Waals surface area (Å²) in [5, 5.41) is 0.503. The van der Waals surface area contributed by atoms with Crippen LogP contribution in [0.3, 0.4) is 0 Å². The Morgan fingerprint density at radius 2 is 2.00 bits per heavy atom. The van der Waals surface area contributed by atoms with Crippen molar-refractivity contribution < 1.29 is 17.9 Å². The van der Waals surface area contributed by atoms with E-state index in [1.807, 2.05) is 36.1 Å². The van der Waals surface area contributed by atoms with Gasteiger partial charge in [-0.1, -0.05) is 25.6 Å². The highest BCUT2D eigenvalue weighted by atomic mass is 32.2. The molecule has 1 amide bonds. The minimum atomic E-state index is -3.06. The summed E-state index contributed by atoms with van der Waals surface area (Å²) in [5.74, 6) is 0.587. The fourth-order valence-corrected chi connectivity index (χ4v) is 6.88. The zero-order valence-electron chi connectivity index (χ0n) is 14.5. The molecule has 3 rings (SSSR count). The molecule has 8 heteroatoms. The quantitative estimate of drug-likeness (QED) is 0.796. The van der Waals surface area contributed by atoms with E-state index in [1.54, 1.807) is 13.8 Å². The van der Waals surface area contributed by atoms with Crippen LogP contribution in [0.25, 0.3) is 0 Å². The van der Waals surface area contributed by atoms with Crippen LogP contribution in [0.4, 0.5) is 5.69 Å². The van der Waals surface area contributed by atoms with Gasteiger partial charge in [0.1, 0.15) is 5.75 Å². The summed E-state index contributed by atoms with van der Waals surface area (Å²) in [6, 6.07) is 7.28. The second-order valence-electron chi connectivity index (χ2n) is 6.48. The van der Waals surface area contributed by atoms with E-state index in [0.29, 0.717) is 11.8 Å². The van der Waals surface area contributed by atoms with Crippen LogP contribution < -0.4 is 9.64 Å². The molecule has 2 fully saturated rings. The normalized spacial score (nSPS) is 26.2. The fourth-order valence-electron chi connectivity index (χ4n) is 2.96. The van der Waals surface area contributed by atoms with E-state index in [0.717, 1.165) is 11.4 Å². The molecule has 1 aromatic rings. The lowest BCUT2D eigenvalue weighted by molar-refractivity contribution is -0.120. The van der Waals surface area contributed by atoms with Crippen molar-refractivity contribution in [3.8, 4) is 5.75 Å². The molecule has 0 aromatic heterocycles. The lowest BCUT2D eigenvalue weighted by Gasteiger charge is -2.24. The Labute approximate surface area is 152 Å². The van der Waals surface area contributed by atoms with Gasteiger partial charge in [0.25, 0.3) is 5.91 Å². The van der Waals surface area contributed by atoms with Gasteiger partial charge in [-0.25, -0.2) is 8.42 Å². The minimum absolute atomic E-state index is 0.0877. The van der Waals surface area contributed by atoms with Gasteiger partial charge in [0.2, 0.25) is 0 Å². The molecule has 0 radical (unpaired) electrons. The molecular weight excluding hydrogens is 360 g/mol. The number of hydrogen-bond donors (Lipinski definition) is 0. The first kappa shape index (κ1) is 18.3. The van der Waals surface area contributed by atoms with Gasteiger partial charge < -0.3 is 9.64 Å². The Morgan fingerprint density at radius 3 is 2.60 bits per heavy atom. The molecule has 0 N–H and O–H groups in total. The summed E-state index contributed by atoms with van der Waals surface area (Å²) in [6.07, 6.45) is 0. The van der Waals surface area contributed by atoms with Crippen molar-refractivity contribution in [3.05, 3.63) is 24.3 Å². The number of hydrogen-bond acceptors (Lipinski definition) is 5. The standard InChI is InChI=1S/C17H22N2O4S2/c1-4-23-13-7-5-12(6-8-13)19-14-9-25(21,22)10-15(14)24-17(19)18-16(20)11(2)3/h5-8,11,14-15H,4,9-10H2,1-3H3. The Balaban J connectivity index is 1.96. The summed E-state index contributed by atoms with van der Waals surface area (Å²) in [6.45, 7) is 6.11. The van der Waals surface area contributed by atoms with Gasteiger partial charge in [0.15, 0.2) is 15.0 Å². The number of sulfone groups is 1. The van der Waals surface area contributed by atoms with E-state index in [-0.39, 0.29) is 34.6 Å². The third-order valence-electron chi connectivity index (χ3n) is 4.19. The van der Waals surface area contributed by atoms with Crippen molar-refractivity contribution in [2.75, 3.05) is 23.0 Å². The van der Waals surface area contributed by atoms with Gasteiger partial charge in [-0.05, 0) is 31.2 Å². The number of amidine groups is 1. The predicted octanol–water partition coefficient (Wildman–Crippen LogP) is 2.34. The maximum absolute atomic E-state index is 12.1. The molecule has 0 aliphatic carbocycles. The summed E-state index contributed by atoms with van der Waals surface area (Å²) in [4.78, 5) is 18.3.